The van der Waals surface area contributed by atoms with Crippen molar-refractivity contribution < 1.29 is 33.7 Å². The molecule has 4 aliphatic heterocycles. The fourth-order valence-electron chi connectivity index (χ4n) is 6.85. The van der Waals surface area contributed by atoms with Crippen LogP contribution >= 0.6 is 11.6 Å². The van der Waals surface area contributed by atoms with E-state index in [1.807, 2.05) is 35.2 Å². The fraction of sp³-hybridized carbons (Fsp3) is 0.531. The highest BCUT2D eigenvalue weighted by Crippen LogP contribution is 2.50. The predicted octanol–water partition coefficient (Wildman–Crippen LogP) is 5.01. The van der Waals surface area contributed by atoms with E-state index < -0.39 is 24.1 Å². The Bertz CT molecular complexity index is 1420. The Hall–Kier alpha value is -3.30. The van der Waals surface area contributed by atoms with Gasteiger partial charge in [-0.3, -0.25) is 14.4 Å². The summed E-state index contributed by atoms with van der Waals surface area (Å²) >= 11 is 6.68. The van der Waals surface area contributed by atoms with Gasteiger partial charge in [0, 0.05) is 35.3 Å². The third-order valence-corrected chi connectivity index (χ3v) is 9.10. The highest BCUT2D eigenvalue weighted by atomic mass is 35.5. The number of carboxylic acids is 1. The second-order valence-corrected chi connectivity index (χ2v) is 13.2. The summed E-state index contributed by atoms with van der Waals surface area (Å²) < 4.78 is 18.7. The molecule has 0 radical (unpaired) electrons. The van der Waals surface area contributed by atoms with Crippen molar-refractivity contribution in [2.45, 2.75) is 71.1 Å². The number of nitrogens with zero attached hydrogens (tertiary/aromatic N) is 2. The third kappa shape index (κ3) is 5.22. The van der Waals surface area contributed by atoms with Crippen LogP contribution in [0.25, 0.3) is 0 Å². The van der Waals surface area contributed by atoms with Crippen LogP contribution in [0.4, 0.5) is 5.69 Å². The summed E-state index contributed by atoms with van der Waals surface area (Å²) in [4.78, 5) is 43.3. The molecular weight excluding hydrogens is 560 g/mol. The molecule has 0 aliphatic carbocycles. The lowest BCUT2D eigenvalue weighted by Crippen LogP contribution is -2.54. The molecule has 4 atom stereocenters. The molecule has 2 amide bonds. The number of halogens is 1. The number of fused-ring (bicyclic) bond motifs is 1. The van der Waals surface area contributed by atoms with Gasteiger partial charge < -0.3 is 29.1 Å². The second-order valence-electron chi connectivity index (χ2n) is 12.7. The van der Waals surface area contributed by atoms with Gasteiger partial charge in [-0.2, -0.15) is 0 Å². The number of ether oxygens (including phenoxy) is 3. The molecule has 1 saturated heterocycles. The van der Waals surface area contributed by atoms with Crippen LogP contribution in [0, 0.1) is 11.3 Å². The maximum atomic E-state index is 14.6. The van der Waals surface area contributed by atoms with Crippen LogP contribution in [0.5, 0.6) is 11.5 Å². The number of likely N-dealkylation sites (tertiary alicyclic amines) is 1. The van der Waals surface area contributed by atoms with Crippen molar-refractivity contribution in [2.75, 3.05) is 31.2 Å². The molecule has 224 valence electrons. The molecule has 1 fully saturated rings. The number of aliphatic carboxylic acids is 1. The zero-order chi connectivity index (χ0) is 29.8. The lowest BCUT2D eigenvalue weighted by molar-refractivity contribution is -0.149. The average Bonchev–Trinajstić information content (AvgIpc) is 3.07. The summed E-state index contributed by atoms with van der Waals surface area (Å²) in [7, 11) is 0. The minimum atomic E-state index is -1.10. The zero-order valence-corrected chi connectivity index (χ0v) is 25.0. The van der Waals surface area contributed by atoms with Gasteiger partial charge in [-0.1, -0.05) is 44.5 Å². The standard InChI is InChI=1S/C32H37ClN2O7/c1-32(2,3)25-10-9-18-14-20(33)15-22-27(18)35(25)30(37)24(16-26(36)34-11-5-6-19(17-34)31(38)39)42-28(22)21-7-4-8-23-29(21)41-13-12-40-23/h4,7-8,14-15,19,24-25,28H,5-6,9-13,16-17H2,1-3H3,(H,38,39)/t19?,24-,25-,28-/m1/s1. The summed E-state index contributed by atoms with van der Waals surface area (Å²) in [6, 6.07) is 9.24. The van der Waals surface area contributed by atoms with Gasteiger partial charge in [0.05, 0.1) is 18.0 Å². The lowest BCUT2D eigenvalue weighted by Gasteiger charge is -2.45. The van der Waals surface area contributed by atoms with Gasteiger partial charge in [-0.15, -0.1) is 0 Å². The lowest BCUT2D eigenvalue weighted by atomic mass is 9.78. The van der Waals surface area contributed by atoms with Gasteiger partial charge in [-0.25, -0.2) is 0 Å². The molecular formula is C32H37ClN2O7. The maximum absolute atomic E-state index is 14.6. The molecule has 1 N–H and O–H groups in total. The second kappa shape index (κ2) is 11.1. The van der Waals surface area contributed by atoms with Crippen molar-refractivity contribution in [1.29, 1.82) is 0 Å². The minimum Gasteiger partial charge on any atom is -0.486 e. The van der Waals surface area contributed by atoms with Crippen molar-refractivity contribution in [3.8, 4) is 11.5 Å². The van der Waals surface area contributed by atoms with E-state index in [9.17, 15) is 19.5 Å². The SMILES string of the molecule is CC(C)(C)[C@H]1CCc2cc(Cl)cc3c2N1C(=O)[C@@H](CC(=O)N1CCCC(C(=O)O)C1)O[C@@H]3c1cccc2c1OCCO2. The Labute approximate surface area is 250 Å². The van der Waals surface area contributed by atoms with Gasteiger partial charge in [0.15, 0.2) is 11.5 Å². The van der Waals surface area contributed by atoms with Crippen molar-refractivity contribution in [3.63, 3.8) is 0 Å². The first kappa shape index (κ1) is 28.8. The van der Waals surface area contributed by atoms with Crippen LogP contribution < -0.4 is 14.4 Å². The van der Waals surface area contributed by atoms with Crippen LogP contribution in [0.2, 0.25) is 5.02 Å². The maximum Gasteiger partial charge on any atom is 0.308 e. The summed E-state index contributed by atoms with van der Waals surface area (Å²) in [5, 5.41) is 10.1. The van der Waals surface area contributed by atoms with E-state index in [1.54, 1.807) is 4.90 Å². The molecule has 2 aromatic carbocycles. The van der Waals surface area contributed by atoms with Crippen LogP contribution in [0.15, 0.2) is 30.3 Å². The van der Waals surface area contributed by atoms with Crippen molar-refractivity contribution in [1.82, 2.24) is 4.90 Å². The van der Waals surface area contributed by atoms with E-state index in [1.165, 1.54) is 0 Å². The Balaban J connectivity index is 1.46. The number of carbonyl (C=O) groups is 3. The van der Waals surface area contributed by atoms with Gasteiger partial charge in [0.1, 0.15) is 25.4 Å². The average molecular weight is 597 g/mol. The summed E-state index contributed by atoms with van der Waals surface area (Å²) in [5.74, 6) is -0.941. The number of para-hydroxylation sites is 1. The van der Waals surface area contributed by atoms with Gasteiger partial charge in [0.25, 0.3) is 5.91 Å². The molecule has 2 aromatic rings. The highest BCUT2D eigenvalue weighted by Gasteiger charge is 2.47. The third-order valence-electron chi connectivity index (χ3n) is 8.88. The van der Waals surface area contributed by atoms with Crippen LogP contribution in [0.3, 0.4) is 0 Å². The zero-order valence-electron chi connectivity index (χ0n) is 24.2. The molecule has 4 heterocycles. The molecule has 9 nitrogen and oxygen atoms in total. The molecule has 1 unspecified atom stereocenters. The van der Waals surface area contributed by atoms with Crippen molar-refractivity contribution in [2.24, 2.45) is 11.3 Å². The quantitative estimate of drug-likeness (QED) is 0.529. The first-order valence-electron chi connectivity index (χ1n) is 14.7. The number of anilines is 1. The molecule has 0 saturated carbocycles. The summed E-state index contributed by atoms with van der Waals surface area (Å²) in [6.45, 7) is 7.75. The van der Waals surface area contributed by atoms with Gasteiger partial charge in [0.2, 0.25) is 5.91 Å². The molecule has 4 aliphatic rings. The molecule has 0 bridgehead atoms. The Morgan fingerprint density at radius 1 is 1.10 bits per heavy atom. The van der Waals surface area contributed by atoms with E-state index in [4.69, 9.17) is 25.8 Å². The monoisotopic (exact) mass is 596 g/mol. The molecule has 10 heteroatoms. The minimum absolute atomic E-state index is 0.129. The largest absolute Gasteiger partial charge is 0.486 e. The summed E-state index contributed by atoms with van der Waals surface area (Å²) in [5.41, 5.74) is 2.96. The first-order valence-corrected chi connectivity index (χ1v) is 15.1. The normalized spacial score (nSPS) is 25.5. The number of amides is 2. The Kier molecular flexibility index (Phi) is 7.60. The number of rotatable bonds is 4. The number of hydrogen-bond donors (Lipinski definition) is 1. The molecule has 0 aromatic heterocycles. The number of carboxylic acid groups (broad SMARTS) is 1. The van der Waals surface area contributed by atoms with E-state index >= 15 is 0 Å². The highest BCUT2D eigenvalue weighted by molar-refractivity contribution is 6.31. The van der Waals surface area contributed by atoms with Gasteiger partial charge >= 0.3 is 5.97 Å². The van der Waals surface area contributed by atoms with Crippen LogP contribution in [0.1, 0.15) is 69.2 Å². The Morgan fingerprint density at radius 3 is 2.64 bits per heavy atom. The van der Waals surface area contributed by atoms with E-state index in [-0.39, 0.29) is 36.2 Å². The number of benzene rings is 2. The number of hydrogen-bond acceptors (Lipinski definition) is 6. The number of piperidine rings is 1. The number of aryl methyl sites for hydroxylation is 1. The van der Waals surface area contributed by atoms with Crippen LogP contribution in [-0.2, 0) is 25.5 Å². The molecule has 6 rings (SSSR count). The van der Waals surface area contributed by atoms with Crippen molar-refractivity contribution >= 4 is 35.1 Å². The van der Waals surface area contributed by atoms with E-state index in [0.29, 0.717) is 54.7 Å². The molecule has 42 heavy (non-hydrogen) atoms. The molecule has 0 spiro atoms. The summed E-state index contributed by atoms with van der Waals surface area (Å²) in [6.07, 6.45) is 0.575. The predicted molar refractivity (Wildman–Crippen MR) is 156 cm³/mol. The Morgan fingerprint density at radius 2 is 1.88 bits per heavy atom. The smallest absolute Gasteiger partial charge is 0.308 e. The fourth-order valence-corrected chi connectivity index (χ4v) is 7.10. The van der Waals surface area contributed by atoms with E-state index in [0.717, 1.165) is 29.7 Å². The first-order chi connectivity index (χ1) is 20.0. The topological polar surface area (TPSA) is 106 Å². The van der Waals surface area contributed by atoms with Gasteiger partial charge in [-0.05, 0) is 54.9 Å². The van der Waals surface area contributed by atoms with Crippen LogP contribution in [-0.4, -0.2) is 66.2 Å². The van der Waals surface area contributed by atoms with Crippen molar-refractivity contribution in [3.05, 3.63) is 52.0 Å². The van der Waals surface area contributed by atoms with E-state index in [2.05, 4.69) is 20.8 Å². The number of carbonyl (C=O) groups excluding carboxylic acids is 2.